The molecule has 0 aliphatic heterocycles. The Hall–Kier alpha value is -3.36. The van der Waals surface area contributed by atoms with Crippen molar-refractivity contribution in [2.75, 3.05) is 5.32 Å². The van der Waals surface area contributed by atoms with E-state index in [-0.39, 0.29) is 5.82 Å². The summed E-state index contributed by atoms with van der Waals surface area (Å²) in [4.78, 5) is 38.7. The topological polar surface area (TPSA) is 111 Å². The van der Waals surface area contributed by atoms with Crippen LogP contribution in [0.3, 0.4) is 0 Å². The molecule has 0 fully saturated rings. The molecule has 1 aromatic heterocycles. The van der Waals surface area contributed by atoms with Crippen molar-refractivity contribution in [3.8, 4) is 0 Å². The van der Waals surface area contributed by atoms with E-state index in [1.54, 1.807) is 48.5 Å². The van der Waals surface area contributed by atoms with Crippen LogP contribution in [0.25, 0.3) is 0 Å². The molecular formula is C20H15Cl2N3O5. The van der Waals surface area contributed by atoms with Crippen LogP contribution in [-0.2, 0) is 16.1 Å². The molecule has 0 bridgehead atoms. The van der Waals surface area contributed by atoms with Gasteiger partial charge in [0.2, 0.25) is 0 Å². The first kappa shape index (κ1) is 21.4. The summed E-state index contributed by atoms with van der Waals surface area (Å²) in [6.07, 6.45) is -0.408. The van der Waals surface area contributed by atoms with Gasteiger partial charge in [0.25, 0.3) is 0 Å². The third-order valence-electron chi connectivity index (χ3n) is 3.98. The number of aliphatic carboxylic acids is 1. The lowest BCUT2D eigenvalue weighted by atomic mass is 10.0. The van der Waals surface area contributed by atoms with Crippen molar-refractivity contribution in [1.82, 2.24) is 9.55 Å². The zero-order valence-electron chi connectivity index (χ0n) is 15.3. The van der Waals surface area contributed by atoms with Crippen LogP contribution in [0.2, 0.25) is 10.0 Å². The third kappa shape index (κ3) is 5.59. The SMILES string of the molecule is O=C(O)Cn1ccc(NC(=O)OC(c2ccc(Cl)cc2)c2ccc(Cl)cc2)nc1=O. The summed E-state index contributed by atoms with van der Waals surface area (Å²) in [5, 5.41) is 12.2. The maximum Gasteiger partial charge on any atom is 0.413 e. The molecule has 30 heavy (non-hydrogen) atoms. The van der Waals surface area contributed by atoms with Crippen LogP contribution in [0, 0.1) is 0 Å². The van der Waals surface area contributed by atoms with Gasteiger partial charge in [-0.05, 0) is 41.5 Å². The van der Waals surface area contributed by atoms with Crippen molar-refractivity contribution < 1.29 is 19.4 Å². The molecular weight excluding hydrogens is 433 g/mol. The monoisotopic (exact) mass is 447 g/mol. The number of hydrogen-bond acceptors (Lipinski definition) is 5. The fraction of sp³-hybridized carbons (Fsp3) is 0.100. The van der Waals surface area contributed by atoms with Gasteiger partial charge in [0.1, 0.15) is 12.4 Å². The molecule has 10 heteroatoms. The second-order valence-electron chi connectivity index (χ2n) is 6.13. The maximum atomic E-state index is 12.4. The van der Waals surface area contributed by atoms with Crippen LogP contribution in [0.5, 0.6) is 0 Å². The Kier molecular flexibility index (Phi) is 6.71. The Labute approximate surface area is 180 Å². The number of ether oxygens (including phenoxy) is 1. The van der Waals surface area contributed by atoms with E-state index in [4.69, 9.17) is 33.0 Å². The first-order valence-corrected chi connectivity index (χ1v) is 9.35. The number of rotatable bonds is 6. The Morgan fingerprint density at radius 2 is 1.53 bits per heavy atom. The molecule has 0 unspecified atom stereocenters. The van der Waals surface area contributed by atoms with E-state index >= 15 is 0 Å². The van der Waals surface area contributed by atoms with E-state index in [9.17, 15) is 14.4 Å². The van der Waals surface area contributed by atoms with E-state index in [1.165, 1.54) is 12.3 Å². The molecule has 3 aromatic rings. The highest BCUT2D eigenvalue weighted by atomic mass is 35.5. The third-order valence-corrected chi connectivity index (χ3v) is 4.48. The van der Waals surface area contributed by atoms with E-state index < -0.39 is 30.4 Å². The molecule has 3 rings (SSSR count). The first-order valence-electron chi connectivity index (χ1n) is 8.59. The molecule has 1 amide bonds. The van der Waals surface area contributed by atoms with Crippen LogP contribution >= 0.6 is 23.2 Å². The van der Waals surface area contributed by atoms with Gasteiger partial charge in [-0.1, -0.05) is 47.5 Å². The number of benzene rings is 2. The van der Waals surface area contributed by atoms with E-state index in [0.29, 0.717) is 21.2 Å². The van der Waals surface area contributed by atoms with Crippen LogP contribution in [0.15, 0.2) is 65.6 Å². The first-order chi connectivity index (χ1) is 14.3. The van der Waals surface area contributed by atoms with Gasteiger partial charge >= 0.3 is 17.8 Å². The molecule has 2 aromatic carbocycles. The fourth-order valence-corrected chi connectivity index (χ4v) is 2.86. The summed E-state index contributed by atoms with van der Waals surface area (Å²) < 4.78 is 6.45. The minimum absolute atomic E-state index is 0.0717. The molecule has 0 radical (unpaired) electrons. The van der Waals surface area contributed by atoms with Crippen LogP contribution in [0.1, 0.15) is 17.2 Å². The quantitative estimate of drug-likeness (QED) is 0.591. The number of nitrogens with one attached hydrogen (secondary N) is 1. The largest absolute Gasteiger partial charge is 0.480 e. The van der Waals surface area contributed by atoms with E-state index in [1.807, 2.05) is 0 Å². The standard InChI is InChI=1S/C20H15Cl2N3O5/c21-14-5-1-12(2-6-14)18(13-3-7-15(22)8-4-13)30-20(29)24-16-9-10-25(11-17(26)27)19(28)23-16/h1-10,18H,11H2,(H,26,27)(H,23,24,28,29). The summed E-state index contributed by atoms with van der Waals surface area (Å²) in [6.45, 7) is -0.536. The zero-order valence-corrected chi connectivity index (χ0v) is 16.8. The molecule has 1 heterocycles. The van der Waals surface area contributed by atoms with Gasteiger partial charge in [0, 0.05) is 16.2 Å². The lowest BCUT2D eigenvalue weighted by Crippen LogP contribution is -2.27. The van der Waals surface area contributed by atoms with Gasteiger partial charge in [0.15, 0.2) is 6.10 Å². The number of carbonyl (C=O) groups is 2. The lowest BCUT2D eigenvalue weighted by Gasteiger charge is -2.19. The van der Waals surface area contributed by atoms with E-state index in [0.717, 1.165) is 4.57 Å². The van der Waals surface area contributed by atoms with E-state index in [2.05, 4.69) is 10.3 Å². The van der Waals surface area contributed by atoms with Crippen molar-refractivity contribution in [3.63, 3.8) is 0 Å². The summed E-state index contributed by atoms with van der Waals surface area (Å²) in [5.74, 6) is -1.26. The molecule has 154 valence electrons. The highest BCUT2D eigenvalue weighted by Crippen LogP contribution is 2.28. The van der Waals surface area contributed by atoms with Crippen molar-refractivity contribution in [2.45, 2.75) is 12.6 Å². The Morgan fingerprint density at radius 3 is 2.00 bits per heavy atom. The molecule has 2 N–H and O–H groups in total. The Balaban J connectivity index is 1.80. The molecule has 0 aliphatic rings. The van der Waals surface area contributed by atoms with Gasteiger partial charge in [-0.2, -0.15) is 4.98 Å². The lowest BCUT2D eigenvalue weighted by molar-refractivity contribution is -0.137. The summed E-state index contributed by atoms with van der Waals surface area (Å²) >= 11 is 11.9. The van der Waals surface area contributed by atoms with Gasteiger partial charge in [-0.25, -0.2) is 9.59 Å². The number of hydrogen-bond donors (Lipinski definition) is 2. The number of carboxylic acids is 1. The second kappa shape index (κ2) is 9.43. The highest BCUT2D eigenvalue weighted by Gasteiger charge is 2.20. The van der Waals surface area contributed by atoms with Crippen molar-refractivity contribution in [2.24, 2.45) is 0 Å². The average Bonchev–Trinajstić information content (AvgIpc) is 2.69. The fourth-order valence-electron chi connectivity index (χ4n) is 2.61. The number of aromatic nitrogens is 2. The number of halogens is 2. The van der Waals surface area contributed by atoms with Gasteiger partial charge in [-0.3, -0.25) is 14.7 Å². The summed E-state index contributed by atoms with van der Waals surface area (Å²) in [5.41, 5.74) is 0.519. The average molecular weight is 448 g/mol. The Bertz CT molecular complexity index is 1070. The zero-order chi connectivity index (χ0) is 21.7. The van der Waals surface area contributed by atoms with Crippen LogP contribution in [-0.4, -0.2) is 26.7 Å². The molecule has 0 saturated carbocycles. The summed E-state index contributed by atoms with van der Waals surface area (Å²) in [7, 11) is 0. The van der Waals surface area contributed by atoms with Crippen LogP contribution in [0.4, 0.5) is 10.6 Å². The van der Waals surface area contributed by atoms with Gasteiger partial charge in [-0.15, -0.1) is 0 Å². The van der Waals surface area contributed by atoms with Crippen molar-refractivity contribution in [3.05, 3.63) is 92.5 Å². The molecule has 0 aliphatic carbocycles. The van der Waals surface area contributed by atoms with Gasteiger partial charge in [0.05, 0.1) is 0 Å². The van der Waals surface area contributed by atoms with Gasteiger partial charge < -0.3 is 9.84 Å². The maximum absolute atomic E-state index is 12.4. The second-order valence-corrected chi connectivity index (χ2v) is 7.00. The summed E-state index contributed by atoms with van der Waals surface area (Å²) in [6, 6.07) is 14.9. The normalized spacial score (nSPS) is 10.6. The number of carboxylic acid groups (broad SMARTS) is 1. The van der Waals surface area contributed by atoms with Crippen molar-refractivity contribution >= 4 is 41.1 Å². The number of anilines is 1. The predicted octanol–water partition coefficient (Wildman–Crippen LogP) is 3.97. The van der Waals surface area contributed by atoms with Crippen molar-refractivity contribution in [1.29, 1.82) is 0 Å². The highest BCUT2D eigenvalue weighted by molar-refractivity contribution is 6.30. The number of nitrogens with zero attached hydrogens (tertiary/aromatic N) is 2. The minimum Gasteiger partial charge on any atom is -0.480 e. The Morgan fingerprint density at radius 1 is 1.00 bits per heavy atom. The predicted molar refractivity (Wildman–Crippen MR) is 111 cm³/mol. The van der Waals surface area contributed by atoms with Crippen LogP contribution < -0.4 is 11.0 Å². The smallest absolute Gasteiger partial charge is 0.413 e. The molecule has 8 nitrogen and oxygen atoms in total. The number of amides is 1. The minimum atomic E-state index is -1.19. The molecule has 0 spiro atoms. The molecule has 0 saturated heterocycles. The number of carbonyl (C=O) groups excluding carboxylic acids is 1. The molecule has 0 atom stereocenters.